The van der Waals surface area contributed by atoms with Crippen LogP contribution < -0.4 is 5.73 Å². The number of benzene rings is 1. The van der Waals surface area contributed by atoms with Gasteiger partial charge in [0.1, 0.15) is 0 Å². The van der Waals surface area contributed by atoms with E-state index in [1.54, 1.807) is 6.20 Å². The van der Waals surface area contributed by atoms with Crippen LogP contribution in [-0.2, 0) is 7.05 Å². The van der Waals surface area contributed by atoms with Crippen LogP contribution in [0.5, 0.6) is 0 Å². The number of aryl methyl sites for hydroxylation is 2. The molecule has 0 amide bonds. The van der Waals surface area contributed by atoms with Crippen LogP contribution in [0.4, 0.5) is 5.69 Å². The molecule has 3 nitrogen and oxygen atoms in total. The largest absolute Gasteiger partial charge is 0.397 e. The molecule has 0 radical (unpaired) electrons. The fraction of sp³-hybridized carbons (Fsp3) is 0.133. The number of nitrogen functional groups attached to an aromatic ring is 1. The van der Waals surface area contributed by atoms with Gasteiger partial charge in [-0.3, -0.25) is 4.98 Å². The Labute approximate surface area is 106 Å². The molecule has 0 aliphatic carbocycles. The highest BCUT2D eigenvalue weighted by Crippen LogP contribution is 2.28. The summed E-state index contributed by atoms with van der Waals surface area (Å²) in [5, 5.41) is 1.24. The first-order valence-corrected chi connectivity index (χ1v) is 5.94. The first-order valence-electron chi connectivity index (χ1n) is 5.94. The zero-order valence-electron chi connectivity index (χ0n) is 10.5. The molecule has 1 aromatic carbocycles. The first-order chi connectivity index (χ1) is 8.66. The maximum absolute atomic E-state index is 5.67. The number of hydrogen-bond donors (Lipinski definition) is 1. The molecule has 3 heteroatoms. The summed E-state index contributed by atoms with van der Waals surface area (Å²) in [5.74, 6) is 0. The first kappa shape index (κ1) is 10.8. The van der Waals surface area contributed by atoms with Crippen molar-refractivity contribution in [3.05, 3.63) is 48.2 Å². The van der Waals surface area contributed by atoms with Crippen LogP contribution in [0.1, 0.15) is 5.56 Å². The lowest BCUT2D eigenvalue weighted by Gasteiger charge is -2.05. The zero-order valence-corrected chi connectivity index (χ0v) is 10.5. The number of anilines is 1. The Balaban J connectivity index is 2.27. The highest BCUT2D eigenvalue weighted by molar-refractivity contribution is 5.88. The lowest BCUT2D eigenvalue weighted by atomic mass is 10.1. The van der Waals surface area contributed by atoms with Crippen molar-refractivity contribution >= 4 is 16.6 Å². The number of fused-ring (bicyclic) bond motifs is 1. The Kier molecular flexibility index (Phi) is 2.33. The van der Waals surface area contributed by atoms with Crippen LogP contribution in [0.15, 0.2) is 42.6 Å². The molecule has 2 heterocycles. The van der Waals surface area contributed by atoms with Crippen molar-refractivity contribution in [3.8, 4) is 11.4 Å². The maximum atomic E-state index is 5.67. The Morgan fingerprint density at radius 3 is 2.67 bits per heavy atom. The molecule has 2 aromatic heterocycles. The SMILES string of the molecule is Cc1cccc2cc(-c3ccc(N)cn3)n(C)c12. The Hall–Kier alpha value is -2.29. The average molecular weight is 237 g/mol. The molecule has 0 aliphatic rings. The Morgan fingerprint density at radius 1 is 1.17 bits per heavy atom. The van der Waals surface area contributed by atoms with Gasteiger partial charge < -0.3 is 10.3 Å². The monoisotopic (exact) mass is 237 g/mol. The number of aromatic nitrogens is 2. The minimum Gasteiger partial charge on any atom is -0.397 e. The van der Waals surface area contributed by atoms with E-state index in [0.29, 0.717) is 5.69 Å². The highest BCUT2D eigenvalue weighted by atomic mass is 15.0. The second-order valence-corrected chi connectivity index (χ2v) is 4.58. The van der Waals surface area contributed by atoms with Gasteiger partial charge in [0.15, 0.2) is 0 Å². The van der Waals surface area contributed by atoms with Crippen LogP contribution in [0.25, 0.3) is 22.3 Å². The van der Waals surface area contributed by atoms with Crippen LogP contribution in [0, 0.1) is 6.92 Å². The molecule has 0 saturated heterocycles. The van der Waals surface area contributed by atoms with Gasteiger partial charge in [0.25, 0.3) is 0 Å². The third-order valence-electron chi connectivity index (χ3n) is 3.31. The predicted octanol–water partition coefficient (Wildman–Crippen LogP) is 3.13. The van der Waals surface area contributed by atoms with Gasteiger partial charge in [-0.05, 0) is 30.7 Å². The Morgan fingerprint density at radius 2 is 2.00 bits per heavy atom. The van der Waals surface area contributed by atoms with Gasteiger partial charge in [-0.15, -0.1) is 0 Å². The molecule has 0 aliphatic heterocycles. The van der Waals surface area contributed by atoms with E-state index in [9.17, 15) is 0 Å². The summed E-state index contributed by atoms with van der Waals surface area (Å²) >= 11 is 0. The molecular weight excluding hydrogens is 222 g/mol. The zero-order chi connectivity index (χ0) is 12.7. The molecular formula is C15H15N3. The quantitative estimate of drug-likeness (QED) is 0.706. The molecule has 0 atom stereocenters. The fourth-order valence-corrected chi connectivity index (χ4v) is 2.42. The molecule has 18 heavy (non-hydrogen) atoms. The molecule has 3 aromatic rings. The van der Waals surface area contributed by atoms with Crippen molar-refractivity contribution in [1.82, 2.24) is 9.55 Å². The molecule has 3 rings (SSSR count). The van der Waals surface area contributed by atoms with Crippen LogP contribution in [0.3, 0.4) is 0 Å². The molecule has 0 fully saturated rings. The van der Waals surface area contributed by atoms with Crippen molar-refractivity contribution in [2.45, 2.75) is 6.92 Å². The van der Waals surface area contributed by atoms with E-state index in [-0.39, 0.29) is 0 Å². The summed E-state index contributed by atoms with van der Waals surface area (Å²) in [4.78, 5) is 4.39. The minimum absolute atomic E-state index is 0.689. The second-order valence-electron chi connectivity index (χ2n) is 4.58. The lowest BCUT2D eigenvalue weighted by molar-refractivity contribution is 0.966. The van der Waals surface area contributed by atoms with E-state index in [4.69, 9.17) is 5.73 Å². The van der Waals surface area contributed by atoms with Crippen molar-refractivity contribution < 1.29 is 0 Å². The molecule has 90 valence electrons. The molecule has 0 bridgehead atoms. The van der Waals surface area contributed by atoms with Crippen LogP contribution in [-0.4, -0.2) is 9.55 Å². The fourth-order valence-electron chi connectivity index (χ4n) is 2.42. The van der Waals surface area contributed by atoms with Crippen molar-refractivity contribution in [2.75, 3.05) is 5.73 Å². The highest BCUT2D eigenvalue weighted by Gasteiger charge is 2.09. The van der Waals surface area contributed by atoms with Gasteiger partial charge in [-0.2, -0.15) is 0 Å². The molecule has 0 saturated carbocycles. The Bertz CT molecular complexity index is 708. The predicted molar refractivity (Wildman–Crippen MR) is 75.3 cm³/mol. The number of hydrogen-bond acceptors (Lipinski definition) is 2. The summed E-state index contributed by atoms with van der Waals surface area (Å²) in [6.07, 6.45) is 1.69. The molecule has 2 N–H and O–H groups in total. The van der Waals surface area contributed by atoms with E-state index < -0.39 is 0 Å². The lowest BCUT2D eigenvalue weighted by Crippen LogP contribution is -1.95. The van der Waals surface area contributed by atoms with Crippen molar-refractivity contribution in [2.24, 2.45) is 7.05 Å². The van der Waals surface area contributed by atoms with Crippen molar-refractivity contribution in [3.63, 3.8) is 0 Å². The van der Waals surface area contributed by atoms with E-state index >= 15 is 0 Å². The summed E-state index contributed by atoms with van der Waals surface area (Å²) in [6.45, 7) is 2.13. The van der Waals surface area contributed by atoms with Crippen molar-refractivity contribution in [1.29, 1.82) is 0 Å². The van der Waals surface area contributed by atoms with E-state index in [1.165, 1.54) is 16.5 Å². The normalized spacial score (nSPS) is 11.0. The summed E-state index contributed by atoms with van der Waals surface area (Å²) in [5.41, 5.74) is 10.9. The standard InChI is InChI=1S/C15H15N3/c1-10-4-3-5-11-8-14(18(2)15(10)11)13-7-6-12(16)9-17-13/h3-9H,16H2,1-2H3. The minimum atomic E-state index is 0.689. The number of nitrogens with zero attached hydrogens (tertiary/aromatic N) is 2. The number of para-hydroxylation sites is 1. The summed E-state index contributed by atoms with van der Waals surface area (Å²) < 4.78 is 2.18. The second kappa shape index (κ2) is 3.88. The van der Waals surface area contributed by atoms with Gasteiger partial charge >= 0.3 is 0 Å². The van der Waals surface area contributed by atoms with Gasteiger partial charge in [-0.25, -0.2) is 0 Å². The number of rotatable bonds is 1. The third-order valence-corrected chi connectivity index (χ3v) is 3.31. The van der Waals surface area contributed by atoms with Gasteiger partial charge in [0.2, 0.25) is 0 Å². The average Bonchev–Trinajstić information content (AvgIpc) is 2.69. The van der Waals surface area contributed by atoms with Crippen LogP contribution >= 0.6 is 0 Å². The van der Waals surface area contributed by atoms with E-state index in [1.807, 2.05) is 12.1 Å². The maximum Gasteiger partial charge on any atom is 0.0868 e. The van der Waals surface area contributed by atoms with Gasteiger partial charge in [0.05, 0.1) is 28.8 Å². The van der Waals surface area contributed by atoms with Crippen LogP contribution in [0.2, 0.25) is 0 Å². The summed E-state index contributed by atoms with van der Waals surface area (Å²) in [7, 11) is 2.07. The van der Waals surface area contributed by atoms with Gasteiger partial charge in [0, 0.05) is 12.4 Å². The molecule has 0 spiro atoms. The summed E-state index contributed by atoms with van der Waals surface area (Å²) in [6, 6.07) is 12.3. The van der Waals surface area contributed by atoms with E-state index in [2.05, 4.69) is 47.8 Å². The number of nitrogens with two attached hydrogens (primary N) is 1. The van der Waals surface area contributed by atoms with Gasteiger partial charge in [-0.1, -0.05) is 18.2 Å². The topological polar surface area (TPSA) is 43.8 Å². The molecule has 0 unspecified atom stereocenters. The number of pyridine rings is 1. The smallest absolute Gasteiger partial charge is 0.0868 e. The van der Waals surface area contributed by atoms with E-state index in [0.717, 1.165) is 11.4 Å². The third kappa shape index (κ3) is 1.56.